The van der Waals surface area contributed by atoms with Gasteiger partial charge in [0.2, 0.25) is 0 Å². The highest BCUT2D eigenvalue weighted by Gasteiger charge is 2.65. The minimum Gasteiger partial charge on any atom is -0.369 e. The van der Waals surface area contributed by atoms with Crippen LogP contribution in [0.5, 0.6) is 0 Å². The quantitative estimate of drug-likeness (QED) is 0.186. The number of carbonyl (C=O) groups is 2. The number of aliphatic imine (C=N–C) groups is 2. The normalized spacial score (nSPS) is 22.8. The van der Waals surface area contributed by atoms with Gasteiger partial charge in [0.15, 0.2) is 23.0 Å². The fourth-order valence-electron chi connectivity index (χ4n) is 11.1. The predicted octanol–water partition coefficient (Wildman–Crippen LogP) is 7.86. The van der Waals surface area contributed by atoms with E-state index in [1.165, 1.54) is 32.1 Å². The lowest BCUT2D eigenvalue weighted by Gasteiger charge is -2.40. The van der Waals surface area contributed by atoms with Gasteiger partial charge in [-0.15, -0.1) is 0 Å². The number of likely N-dealkylation sites (N-methyl/N-ethyl adjacent to an activating group) is 2. The highest BCUT2D eigenvalue weighted by molar-refractivity contribution is 9.10. The number of benzene rings is 5. The molecule has 5 aromatic rings. The number of amides is 2. The summed E-state index contributed by atoms with van der Waals surface area (Å²) in [6.45, 7) is 0. The van der Waals surface area contributed by atoms with Crippen molar-refractivity contribution in [2.45, 2.75) is 75.3 Å². The van der Waals surface area contributed by atoms with Crippen molar-refractivity contribution in [2.75, 3.05) is 14.1 Å². The third-order valence-electron chi connectivity index (χ3n) is 14.3. The van der Waals surface area contributed by atoms with Gasteiger partial charge < -0.3 is 11.5 Å². The Morgan fingerprint density at radius 1 is 0.617 bits per heavy atom. The number of fused-ring (bicyclic) bond motifs is 7. The van der Waals surface area contributed by atoms with Crippen LogP contribution in [0.1, 0.15) is 75.8 Å². The molecule has 2 heterocycles. The largest absolute Gasteiger partial charge is 0.369 e. The van der Waals surface area contributed by atoms with Crippen molar-refractivity contribution < 1.29 is 9.59 Å². The van der Waals surface area contributed by atoms with Crippen molar-refractivity contribution in [2.24, 2.45) is 26.9 Å². The lowest BCUT2D eigenvalue weighted by Crippen LogP contribution is -2.49. The molecule has 10 rings (SSSR count). The molecule has 9 nitrogen and oxygen atoms in total. The van der Waals surface area contributed by atoms with Crippen LogP contribution in [0.2, 0.25) is 0 Å². The number of nitriles is 1. The molecule has 2 atom stereocenters. The molecule has 60 heavy (non-hydrogen) atoms. The van der Waals surface area contributed by atoms with Crippen LogP contribution in [0.4, 0.5) is 0 Å². The van der Waals surface area contributed by atoms with Crippen molar-refractivity contribution in [3.63, 3.8) is 0 Å². The summed E-state index contributed by atoms with van der Waals surface area (Å²) in [5, 5.41) is 10.4. The Morgan fingerprint density at radius 2 is 1.22 bits per heavy atom. The molecule has 0 saturated heterocycles. The van der Waals surface area contributed by atoms with Crippen LogP contribution in [0.15, 0.2) is 112 Å². The lowest BCUT2D eigenvalue weighted by atomic mass is 9.65. The molecule has 0 aromatic heterocycles. The summed E-state index contributed by atoms with van der Waals surface area (Å²) in [7, 11) is 3.43. The molecule has 10 heteroatoms. The van der Waals surface area contributed by atoms with E-state index in [9.17, 15) is 14.9 Å². The van der Waals surface area contributed by atoms with Gasteiger partial charge in [-0.3, -0.25) is 19.4 Å². The topological polar surface area (TPSA) is 141 Å². The average Bonchev–Trinajstić information content (AvgIpc) is 3.68. The van der Waals surface area contributed by atoms with Gasteiger partial charge in [-0.1, -0.05) is 76.6 Å². The van der Waals surface area contributed by atoms with Gasteiger partial charge in [0, 0.05) is 24.0 Å². The van der Waals surface area contributed by atoms with Crippen LogP contribution in [0.25, 0.3) is 22.3 Å². The molecular formula is C50H46BrN7O2. The molecule has 2 amide bonds. The Hall–Kier alpha value is -6.05. The summed E-state index contributed by atoms with van der Waals surface area (Å²) in [6.07, 6.45) is 7.84. The zero-order valence-electron chi connectivity index (χ0n) is 33.9. The van der Waals surface area contributed by atoms with Crippen LogP contribution in [-0.2, 0) is 59.2 Å². The molecule has 2 unspecified atom stereocenters. The van der Waals surface area contributed by atoms with Gasteiger partial charge in [0.25, 0.3) is 11.8 Å². The molecule has 2 aliphatic heterocycles. The number of nitrogens with zero attached hydrogens (tertiary/aromatic N) is 5. The van der Waals surface area contributed by atoms with E-state index in [-0.39, 0.29) is 23.7 Å². The van der Waals surface area contributed by atoms with Gasteiger partial charge in [0.05, 0.1) is 11.6 Å². The number of aryl methyl sites for hydroxylation is 5. The molecule has 4 N–H and O–H groups in total. The number of hydrogen-bond donors (Lipinski definition) is 2. The summed E-state index contributed by atoms with van der Waals surface area (Å²) in [4.78, 5) is 41.6. The zero-order valence-corrected chi connectivity index (χ0v) is 35.5. The molecule has 0 fully saturated rings. The molecule has 5 aromatic carbocycles. The number of carbonyl (C=O) groups excluding carboxylic acids is 2. The molecule has 300 valence electrons. The fraction of sp³-hybridized carbons (Fsp3) is 0.300. The standard InChI is InChI=1S/C50H46BrN7O2/c1-57-44(59)49(55-46(57)53)21-18-33-10-11-36(24-35(33)9-5-8-34-14-15-41(51)27-42(34)49)39-22-30(29-52)23-40(25-39)37-12-13-38-28-48(19-16-31-6-3-4-7-32(31)17-20-48)50(43(38)26-37)45(60)58(2)47(54)56-50/h3-4,6-7,10-15,22-27H,5,8-9,16-21,28H2,1-2H3,(H2,53,55)(H2,54,56). The zero-order chi connectivity index (χ0) is 41.6. The second-order valence-electron chi connectivity index (χ2n) is 17.4. The van der Waals surface area contributed by atoms with E-state index in [2.05, 4.69) is 94.8 Å². The summed E-state index contributed by atoms with van der Waals surface area (Å²) in [5.74, 6) is 0.317. The van der Waals surface area contributed by atoms with Crippen molar-refractivity contribution >= 4 is 39.7 Å². The number of guanidine groups is 2. The highest BCUT2D eigenvalue weighted by Crippen LogP contribution is 2.61. The minimum atomic E-state index is -1.12. The predicted molar refractivity (Wildman–Crippen MR) is 238 cm³/mol. The van der Waals surface area contributed by atoms with Crippen LogP contribution in [0.3, 0.4) is 0 Å². The van der Waals surface area contributed by atoms with Gasteiger partial charge in [0.1, 0.15) is 0 Å². The Labute approximate surface area is 359 Å². The summed E-state index contributed by atoms with van der Waals surface area (Å²) in [5.41, 5.74) is 23.7. The number of nitrogens with two attached hydrogens (primary N) is 2. The van der Waals surface area contributed by atoms with Crippen molar-refractivity contribution in [3.05, 3.63) is 152 Å². The number of rotatable bonds is 2. The lowest BCUT2D eigenvalue weighted by molar-refractivity contribution is -0.135. The van der Waals surface area contributed by atoms with Crippen molar-refractivity contribution in [3.8, 4) is 28.3 Å². The molecule has 3 aliphatic carbocycles. The third kappa shape index (κ3) is 5.69. The minimum absolute atomic E-state index is 0.0672. The SMILES string of the molecule is CN1C(=O)C2(CCc3ccc(-c4cc(C#N)cc(-c5ccc6c(c5)C5(N=C(N)N(C)C5=O)C5(CCc7ccccc7CC5)C6)c4)cc3CCCc3ccc(Br)cc32)N=C1N. The maximum Gasteiger partial charge on any atom is 0.262 e. The highest BCUT2D eigenvalue weighted by atomic mass is 79.9. The second kappa shape index (κ2) is 14.0. The Morgan fingerprint density at radius 3 is 1.87 bits per heavy atom. The monoisotopic (exact) mass is 855 g/mol. The van der Waals surface area contributed by atoms with Crippen LogP contribution < -0.4 is 11.5 Å². The first-order chi connectivity index (χ1) is 28.9. The Bertz CT molecular complexity index is 2760. The van der Waals surface area contributed by atoms with E-state index >= 15 is 0 Å². The average molecular weight is 857 g/mol. The van der Waals surface area contributed by atoms with E-state index in [1.54, 1.807) is 14.1 Å². The Kier molecular flexibility index (Phi) is 8.92. The summed E-state index contributed by atoms with van der Waals surface area (Å²) >= 11 is 3.64. The first-order valence-electron chi connectivity index (χ1n) is 20.9. The van der Waals surface area contributed by atoms with E-state index in [4.69, 9.17) is 21.5 Å². The fourth-order valence-corrected chi connectivity index (χ4v) is 11.4. The molecule has 5 aliphatic rings. The van der Waals surface area contributed by atoms with Gasteiger partial charge in [-0.05, 0) is 167 Å². The van der Waals surface area contributed by atoms with Gasteiger partial charge >= 0.3 is 0 Å². The van der Waals surface area contributed by atoms with Crippen LogP contribution in [-0.4, -0.2) is 47.6 Å². The third-order valence-corrected chi connectivity index (χ3v) is 14.8. The van der Waals surface area contributed by atoms with E-state index in [1.807, 2.05) is 24.3 Å². The van der Waals surface area contributed by atoms with Crippen molar-refractivity contribution in [1.82, 2.24) is 9.80 Å². The molecule has 0 saturated carbocycles. The maximum absolute atomic E-state index is 14.6. The van der Waals surface area contributed by atoms with E-state index in [0.29, 0.717) is 18.4 Å². The molecule has 0 radical (unpaired) electrons. The van der Waals surface area contributed by atoms with E-state index in [0.717, 1.165) is 100 Å². The smallest absolute Gasteiger partial charge is 0.262 e. The summed E-state index contributed by atoms with van der Waals surface area (Å²) in [6, 6.07) is 36.2. The molecule has 3 spiro atoms. The first kappa shape index (κ1) is 38.2. The van der Waals surface area contributed by atoms with Crippen LogP contribution >= 0.6 is 15.9 Å². The van der Waals surface area contributed by atoms with Gasteiger partial charge in [-0.25, -0.2) is 9.98 Å². The number of hydrogen-bond acceptors (Lipinski definition) is 7. The number of halogens is 1. The summed E-state index contributed by atoms with van der Waals surface area (Å²) < 4.78 is 0.907. The molecular weight excluding hydrogens is 811 g/mol. The Balaban J connectivity index is 1.02. The van der Waals surface area contributed by atoms with Gasteiger partial charge in [-0.2, -0.15) is 5.26 Å². The second-order valence-corrected chi connectivity index (χ2v) is 18.3. The molecule has 0 bridgehead atoms. The maximum atomic E-state index is 14.6. The van der Waals surface area contributed by atoms with E-state index < -0.39 is 16.5 Å². The van der Waals surface area contributed by atoms with Crippen molar-refractivity contribution in [1.29, 1.82) is 5.26 Å². The van der Waals surface area contributed by atoms with Crippen LogP contribution in [0, 0.1) is 16.7 Å². The first-order valence-corrected chi connectivity index (χ1v) is 21.7.